The molecule has 12 heteroatoms. The number of hydrogen-bond acceptors (Lipinski definition) is 7. The van der Waals surface area contributed by atoms with E-state index in [0.29, 0.717) is 11.8 Å². The molecule has 2 aromatic heterocycles. The van der Waals surface area contributed by atoms with Crippen molar-refractivity contribution in [3.63, 3.8) is 0 Å². The van der Waals surface area contributed by atoms with E-state index < -0.39 is 36.0 Å². The van der Waals surface area contributed by atoms with Gasteiger partial charge in [0.1, 0.15) is 5.75 Å². The summed E-state index contributed by atoms with van der Waals surface area (Å²) in [5.41, 5.74) is -0.439. The third-order valence-electron chi connectivity index (χ3n) is 3.84. The number of nitrogens with zero attached hydrogens (tertiary/aromatic N) is 3. The van der Waals surface area contributed by atoms with Gasteiger partial charge < -0.3 is 19.5 Å². The van der Waals surface area contributed by atoms with Crippen LogP contribution in [0.4, 0.5) is 13.2 Å². The number of pyridine rings is 1. The highest BCUT2D eigenvalue weighted by atomic mass is 19.4. The quantitative estimate of drug-likeness (QED) is 0.502. The van der Waals surface area contributed by atoms with Crippen molar-refractivity contribution in [3.05, 3.63) is 54.0 Å². The van der Waals surface area contributed by atoms with Gasteiger partial charge in [0.05, 0.1) is 12.0 Å². The average molecular weight is 453 g/mol. The summed E-state index contributed by atoms with van der Waals surface area (Å²) < 4.78 is 47.9. The molecule has 0 radical (unpaired) electrons. The molecule has 0 saturated carbocycles. The number of carbonyl (C=O) groups is 2. The van der Waals surface area contributed by atoms with Crippen LogP contribution < -0.4 is 4.74 Å². The van der Waals surface area contributed by atoms with Crippen molar-refractivity contribution in [1.29, 1.82) is 0 Å². The Morgan fingerprint density at radius 3 is 2.19 bits per heavy atom. The van der Waals surface area contributed by atoms with E-state index in [1.807, 2.05) is 13.8 Å². The number of carboxylic acids is 2. The molecule has 2 N–H and O–H groups in total. The number of aromatic nitrogens is 3. The van der Waals surface area contributed by atoms with Crippen molar-refractivity contribution in [2.75, 3.05) is 0 Å². The zero-order valence-corrected chi connectivity index (χ0v) is 16.8. The van der Waals surface area contributed by atoms with Gasteiger partial charge in [0, 0.05) is 17.8 Å². The van der Waals surface area contributed by atoms with Gasteiger partial charge in [-0.15, -0.1) is 0 Å². The topological polar surface area (TPSA) is 136 Å². The van der Waals surface area contributed by atoms with Crippen molar-refractivity contribution in [1.82, 2.24) is 15.1 Å². The fourth-order valence-corrected chi connectivity index (χ4v) is 2.31. The Labute approximate surface area is 179 Å². The normalized spacial score (nSPS) is 10.9. The molecule has 3 aromatic rings. The van der Waals surface area contributed by atoms with Gasteiger partial charge in [-0.3, -0.25) is 9.59 Å². The van der Waals surface area contributed by atoms with Crippen molar-refractivity contribution in [2.45, 2.75) is 26.4 Å². The standard InChI is InChI=1S/C18H12F3N3O6.C2H6/c19-18(20,21)10-3-6-13(22-8-10)29-11-4-1-9(2-5-11)15-23-14(30-24-15)7-12(16(25)26)17(27)28;1-2/h1-6,8,12H,7H2,(H,25,26)(H,27,28);1-2H3. The molecule has 0 atom stereocenters. The second-order valence-corrected chi connectivity index (χ2v) is 5.95. The summed E-state index contributed by atoms with van der Waals surface area (Å²) in [5, 5.41) is 21.5. The van der Waals surface area contributed by atoms with Crippen molar-refractivity contribution in [3.8, 4) is 23.0 Å². The highest BCUT2D eigenvalue weighted by Gasteiger charge is 2.31. The van der Waals surface area contributed by atoms with Gasteiger partial charge in [-0.2, -0.15) is 18.2 Å². The largest absolute Gasteiger partial charge is 0.481 e. The van der Waals surface area contributed by atoms with Crippen molar-refractivity contribution < 1.29 is 42.2 Å². The molecule has 0 aliphatic rings. The highest BCUT2D eigenvalue weighted by Crippen LogP contribution is 2.30. The fraction of sp³-hybridized carbons (Fsp3) is 0.250. The Balaban J connectivity index is 0.00000176. The third kappa shape index (κ3) is 6.27. The fourth-order valence-electron chi connectivity index (χ4n) is 2.31. The molecule has 0 bridgehead atoms. The summed E-state index contributed by atoms with van der Waals surface area (Å²) in [7, 11) is 0. The lowest BCUT2D eigenvalue weighted by Crippen LogP contribution is -2.25. The van der Waals surface area contributed by atoms with E-state index in [1.165, 1.54) is 24.3 Å². The van der Waals surface area contributed by atoms with E-state index in [0.717, 1.165) is 12.1 Å². The van der Waals surface area contributed by atoms with E-state index in [-0.39, 0.29) is 23.3 Å². The first kappa shape index (κ1) is 24.3. The molecule has 2 heterocycles. The molecule has 0 unspecified atom stereocenters. The SMILES string of the molecule is CC.O=C(O)C(Cc1nc(-c2ccc(Oc3ccc(C(F)(F)F)cn3)cc2)no1)C(=O)O. The monoisotopic (exact) mass is 453 g/mol. The number of rotatable bonds is 7. The summed E-state index contributed by atoms with van der Waals surface area (Å²) >= 11 is 0. The molecule has 9 nitrogen and oxygen atoms in total. The molecule has 170 valence electrons. The van der Waals surface area contributed by atoms with E-state index in [9.17, 15) is 22.8 Å². The van der Waals surface area contributed by atoms with Gasteiger partial charge in [0.2, 0.25) is 17.6 Å². The van der Waals surface area contributed by atoms with Crippen LogP contribution in [-0.2, 0) is 22.2 Å². The molecule has 0 aliphatic heterocycles. The van der Waals surface area contributed by atoms with Crippen LogP contribution in [0.5, 0.6) is 11.6 Å². The first-order valence-corrected chi connectivity index (χ1v) is 9.23. The van der Waals surface area contributed by atoms with E-state index >= 15 is 0 Å². The minimum absolute atomic E-state index is 0.0361. The average Bonchev–Trinajstić information content (AvgIpc) is 3.22. The Hall–Kier alpha value is -3.96. The predicted molar refractivity (Wildman–Crippen MR) is 103 cm³/mol. The first-order chi connectivity index (χ1) is 15.1. The molecule has 0 spiro atoms. The summed E-state index contributed by atoms with van der Waals surface area (Å²) in [6.07, 6.45) is -4.31. The van der Waals surface area contributed by atoms with Crippen LogP contribution in [0.3, 0.4) is 0 Å². The number of hydrogen-bond donors (Lipinski definition) is 2. The predicted octanol–water partition coefficient (Wildman–Crippen LogP) is 4.30. The van der Waals surface area contributed by atoms with Crippen LogP contribution in [0, 0.1) is 5.92 Å². The van der Waals surface area contributed by atoms with Gasteiger partial charge in [-0.1, -0.05) is 19.0 Å². The number of benzene rings is 1. The van der Waals surface area contributed by atoms with Gasteiger partial charge >= 0.3 is 18.1 Å². The van der Waals surface area contributed by atoms with Gasteiger partial charge in [0.25, 0.3) is 0 Å². The van der Waals surface area contributed by atoms with Crippen LogP contribution >= 0.6 is 0 Å². The molecule has 0 saturated heterocycles. The number of aliphatic carboxylic acids is 2. The lowest BCUT2D eigenvalue weighted by atomic mass is 10.1. The number of halogens is 3. The maximum Gasteiger partial charge on any atom is 0.417 e. The molecule has 3 rings (SSSR count). The summed E-state index contributed by atoms with van der Waals surface area (Å²) in [6, 6.07) is 7.96. The van der Waals surface area contributed by atoms with Crippen LogP contribution in [0.15, 0.2) is 47.1 Å². The van der Waals surface area contributed by atoms with Crippen molar-refractivity contribution >= 4 is 11.9 Å². The third-order valence-corrected chi connectivity index (χ3v) is 3.84. The molecule has 0 amide bonds. The van der Waals surface area contributed by atoms with E-state index in [1.54, 1.807) is 0 Å². The second kappa shape index (κ2) is 10.4. The minimum atomic E-state index is -4.49. The molecular formula is C20H18F3N3O6. The van der Waals surface area contributed by atoms with E-state index in [2.05, 4.69) is 15.1 Å². The van der Waals surface area contributed by atoms with Gasteiger partial charge in [0.15, 0.2) is 5.92 Å². The minimum Gasteiger partial charge on any atom is -0.481 e. The molecular weight excluding hydrogens is 435 g/mol. The Kier molecular flexibility index (Phi) is 7.88. The van der Waals surface area contributed by atoms with Crippen LogP contribution in [0.1, 0.15) is 25.3 Å². The first-order valence-electron chi connectivity index (χ1n) is 9.23. The maximum absolute atomic E-state index is 12.5. The zero-order valence-electron chi connectivity index (χ0n) is 16.8. The summed E-state index contributed by atoms with van der Waals surface area (Å²) in [6.45, 7) is 4.00. The zero-order chi connectivity index (χ0) is 23.9. The Morgan fingerprint density at radius 2 is 1.69 bits per heavy atom. The second-order valence-electron chi connectivity index (χ2n) is 5.95. The molecule has 0 aliphatic carbocycles. The van der Waals surface area contributed by atoms with Crippen LogP contribution in [0.25, 0.3) is 11.4 Å². The lowest BCUT2D eigenvalue weighted by molar-refractivity contribution is -0.154. The lowest BCUT2D eigenvalue weighted by Gasteiger charge is -2.08. The molecule has 32 heavy (non-hydrogen) atoms. The number of ether oxygens (including phenoxy) is 1. The molecule has 0 fully saturated rings. The summed E-state index contributed by atoms with van der Waals surface area (Å²) in [5.74, 6) is -4.59. The van der Waals surface area contributed by atoms with Gasteiger partial charge in [-0.25, -0.2) is 4.98 Å². The van der Waals surface area contributed by atoms with Crippen LogP contribution in [-0.4, -0.2) is 37.3 Å². The Bertz CT molecular complexity index is 1040. The Morgan fingerprint density at radius 1 is 1.06 bits per heavy atom. The summed E-state index contributed by atoms with van der Waals surface area (Å²) in [4.78, 5) is 29.4. The van der Waals surface area contributed by atoms with E-state index in [4.69, 9.17) is 19.5 Å². The van der Waals surface area contributed by atoms with Crippen LogP contribution in [0.2, 0.25) is 0 Å². The smallest absolute Gasteiger partial charge is 0.417 e. The highest BCUT2D eigenvalue weighted by molar-refractivity contribution is 5.93. The number of carboxylic acid groups (broad SMARTS) is 2. The maximum atomic E-state index is 12.5. The molecule has 1 aromatic carbocycles. The van der Waals surface area contributed by atoms with Crippen molar-refractivity contribution in [2.24, 2.45) is 5.92 Å². The van der Waals surface area contributed by atoms with Gasteiger partial charge in [-0.05, 0) is 30.3 Å². The number of alkyl halides is 3.